The standard InChI is InChI=1S/C17H22N6O2/c24-16-10-13-2-1-3-15(13)20-23(16)9-6-21-4-7-22(8-5-21)17(25)14-11-18-19-12-14/h10-12H,1-9H2,(H,18,19). The number of amides is 1. The summed E-state index contributed by atoms with van der Waals surface area (Å²) in [5.74, 6) is 0.0184. The van der Waals surface area contributed by atoms with E-state index in [1.807, 2.05) is 4.90 Å². The summed E-state index contributed by atoms with van der Waals surface area (Å²) in [6, 6.07) is 1.75. The van der Waals surface area contributed by atoms with Crippen LogP contribution in [-0.4, -0.2) is 68.4 Å². The molecule has 2 aromatic rings. The fraction of sp³-hybridized carbons (Fsp3) is 0.529. The maximum absolute atomic E-state index is 12.3. The van der Waals surface area contributed by atoms with Crippen LogP contribution >= 0.6 is 0 Å². The predicted octanol–water partition coefficient (Wildman–Crippen LogP) is -0.0869. The first-order chi connectivity index (χ1) is 12.2. The summed E-state index contributed by atoms with van der Waals surface area (Å²) in [5.41, 5.74) is 2.79. The van der Waals surface area contributed by atoms with Crippen molar-refractivity contribution in [2.75, 3.05) is 32.7 Å². The zero-order valence-corrected chi connectivity index (χ0v) is 14.1. The molecule has 0 bridgehead atoms. The zero-order chi connectivity index (χ0) is 17.2. The Labute approximate surface area is 145 Å². The molecule has 1 N–H and O–H groups in total. The van der Waals surface area contributed by atoms with Gasteiger partial charge in [0.2, 0.25) is 0 Å². The molecule has 2 aliphatic rings. The van der Waals surface area contributed by atoms with E-state index in [-0.39, 0.29) is 11.5 Å². The van der Waals surface area contributed by atoms with Crippen LogP contribution in [0.5, 0.6) is 0 Å². The first-order valence-corrected chi connectivity index (χ1v) is 8.81. The lowest BCUT2D eigenvalue weighted by molar-refractivity contribution is 0.0631. The number of aryl methyl sites for hydroxylation is 2. The molecule has 1 aliphatic carbocycles. The smallest absolute Gasteiger partial charge is 0.267 e. The number of aromatic amines is 1. The number of carbonyl (C=O) groups excluding carboxylic acids is 1. The third-order valence-electron chi connectivity index (χ3n) is 5.06. The van der Waals surface area contributed by atoms with Crippen LogP contribution < -0.4 is 5.56 Å². The van der Waals surface area contributed by atoms with Gasteiger partial charge in [-0.2, -0.15) is 10.2 Å². The number of nitrogens with one attached hydrogen (secondary N) is 1. The van der Waals surface area contributed by atoms with Gasteiger partial charge in [-0.1, -0.05) is 0 Å². The van der Waals surface area contributed by atoms with Gasteiger partial charge in [-0.3, -0.25) is 19.6 Å². The SMILES string of the molecule is O=C(c1cn[nH]c1)N1CCN(CCn2nc3c(cc2=O)CCC3)CC1. The lowest BCUT2D eigenvalue weighted by Gasteiger charge is -2.34. The lowest BCUT2D eigenvalue weighted by atomic mass is 10.2. The van der Waals surface area contributed by atoms with Gasteiger partial charge in [-0.25, -0.2) is 4.68 Å². The topological polar surface area (TPSA) is 87.1 Å². The average molecular weight is 342 g/mol. The second-order valence-electron chi connectivity index (χ2n) is 6.65. The zero-order valence-electron chi connectivity index (χ0n) is 14.1. The molecular formula is C17H22N6O2. The number of hydrogen-bond donors (Lipinski definition) is 1. The Balaban J connectivity index is 1.31. The van der Waals surface area contributed by atoms with Crippen molar-refractivity contribution in [2.45, 2.75) is 25.8 Å². The van der Waals surface area contributed by atoms with Gasteiger partial charge >= 0.3 is 0 Å². The van der Waals surface area contributed by atoms with Crippen molar-refractivity contribution in [1.82, 2.24) is 29.8 Å². The van der Waals surface area contributed by atoms with Gasteiger partial charge < -0.3 is 4.90 Å². The van der Waals surface area contributed by atoms with Gasteiger partial charge in [0.05, 0.1) is 24.0 Å². The Kier molecular flexibility index (Phi) is 4.35. The van der Waals surface area contributed by atoms with Crippen LogP contribution in [0, 0.1) is 0 Å². The monoisotopic (exact) mass is 342 g/mol. The molecule has 25 heavy (non-hydrogen) atoms. The number of H-pyrrole nitrogens is 1. The van der Waals surface area contributed by atoms with Crippen molar-refractivity contribution in [3.63, 3.8) is 0 Å². The fourth-order valence-electron chi connectivity index (χ4n) is 3.56. The number of hydrogen-bond acceptors (Lipinski definition) is 5. The molecule has 3 heterocycles. The second-order valence-corrected chi connectivity index (χ2v) is 6.65. The van der Waals surface area contributed by atoms with Gasteiger partial charge in [0, 0.05) is 45.0 Å². The summed E-state index contributed by atoms with van der Waals surface area (Å²) in [7, 11) is 0. The summed E-state index contributed by atoms with van der Waals surface area (Å²) in [5, 5.41) is 11.0. The third kappa shape index (κ3) is 3.34. The Hall–Kier alpha value is -2.48. The Morgan fingerprint density at radius 2 is 2.00 bits per heavy atom. The van der Waals surface area contributed by atoms with Crippen molar-refractivity contribution in [1.29, 1.82) is 0 Å². The summed E-state index contributed by atoms with van der Waals surface area (Å²) in [6.07, 6.45) is 6.23. The molecule has 8 heteroatoms. The maximum Gasteiger partial charge on any atom is 0.267 e. The van der Waals surface area contributed by atoms with Crippen molar-refractivity contribution in [3.8, 4) is 0 Å². The fourth-order valence-corrected chi connectivity index (χ4v) is 3.56. The van der Waals surface area contributed by atoms with E-state index in [9.17, 15) is 9.59 Å². The number of fused-ring (bicyclic) bond motifs is 1. The van der Waals surface area contributed by atoms with Crippen LogP contribution in [-0.2, 0) is 19.4 Å². The predicted molar refractivity (Wildman–Crippen MR) is 91.5 cm³/mol. The molecule has 0 spiro atoms. The molecule has 0 radical (unpaired) electrons. The molecule has 8 nitrogen and oxygen atoms in total. The molecule has 0 unspecified atom stereocenters. The van der Waals surface area contributed by atoms with E-state index in [1.165, 1.54) is 0 Å². The molecule has 1 fully saturated rings. The first kappa shape index (κ1) is 16.0. The van der Waals surface area contributed by atoms with E-state index < -0.39 is 0 Å². The van der Waals surface area contributed by atoms with Crippen molar-refractivity contribution >= 4 is 5.91 Å². The minimum Gasteiger partial charge on any atom is -0.336 e. The maximum atomic E-state index is 12.3. The van der Waals surface area contributed by atoms with Gasteiger partial charge in [0.25, 0.3) is 11.5 Å². The summed E-state index contributed by atoms with van der Waals surface area (Å²) >= 11 is 0. The first-order valence-electron chi connectivity index (χ1n) is 8.81. The molecule has 2 aromatic heterocycles. The minimum atomic E-state index is -0.00517. The van der Waals surface area contributed by atoms with Gasteiger partial charge in [-0.05, 0) is 24.8 Å². The highest BCUT2D eigenvalue weighted by Crippen LogP contribution is 2.17. The van der Waals surface area contributed by atoms with Crippen LogP contribution in [0.3, 0.4) is 0 Å². The van der Waals surface area contributed by atoms with Crippen LogP contribution in [0.25, 0.3) is 0 Å². The summed E-state index contributed by atoms with van der Waals surface area (Å²) < 4.78 is 1.59. The lowest BCUT2D eigenvalue weighted by Crippen LogP contribution is -2.49. The Morgan fingerprint density at radius 1 is 1.16 bits per heavy atom. The summed E-state index contributed by atoms with van der Waals surface area (Å²) in [4.78, 5) is 28.6. The molecule has 0 aromatic carbocycles. The molecule has 1 amide bonds. The van der Waals surface area contributed by atoms with E-state index in [0.717, 1.165) is 50.2 Å². The van der Waals surface area contributed by atoms with E-state index >= 15 is 0 Å². The highest BCUT2D eigenvalue weighted by molar-refractivity contribution is 5.93. The molecule has 1 aliphatic heterocycles. The molecule has 0 atom stereocenters. The van der Waals surface area contributed by atoms with E-state index in [0.29, 0.717) is 25.2 Å². The quantitative estimate of drug-likeness (QED) is 0.839. The highest BCUT2D eigenvalue weighted by Gasteiger charge is 2.23. The van der Waals surface area contributed by atoms with Crippen molar-refractivity contribution in [3.05, 3.63) is 45.6 Å². The van der Waals surface area contributed by atoms with E-state index in [4.69, 9.17) is 0 Å². The second kappa shape index (κ2) is 6.79. The van der Waals surface area contributed by atoms with Crippen LogP contribution in [0.15, 0.2) is 23.3 Å². The number of nitrogens with zero attached hydrogens (tertiary/aromatic N) is 5. The Bertz CT molecular complexity index is 805. The molecule has 1 saturated heterocycles. The normalized spacial score (nSPS) is 17.7. The van der Waals surface area contributed by atoms with E-state index in [2.05, 4.69) is 20.2 Å². The van der Waals surface area contributed by atoms with Crippen molar-refractivity contribution in [2.24, 2.45) is 0 Å². The third-order valence-corrected chi connectivity index (χ3v) is 5.06. The number of aromatic nitrogens is 4. The summed E-state index contributed by atoms with van der Waals surface area (Å²) in [6.45, 7) is 4.38. The van der Waals surface area contributed by atoms with Crippen molar-refractivity contribution < 1.29 is 4.79 Å². The van der Waals surface area contributed by atoms with Gasteiger partial charge in [-0.15, -0.1) is 0 Å². The largest absolute Gasteiger partial charge is 0.336 e. The Morgan fingerprint density at radius 3 is 2.76 bits per heavy atom. The molecule has 4 rings (SSSR count). The molecule has 132 valence electrons. The number of rotatable bonds is 4. The molecule has 0 saturated carbocycles. The minimum absolute atomic E-state index is 0.00517. The van der Waals surface area contributed by atoms with Crippen LogP contribution in [0.2, 0.25) is 0 Å². The molecular weight excluding hydrogens is 320 g/mol. The number of carbonyl (C=O) groups is 1. The van der Waals surface area contributed by atoms with Gasteiger partial charge in [0.15, 0.2) is 0 Å². The van der Waals surface area contributed by atoms with E-state index in [1.54, 1.807) is 23.1 Å². The van der Waals surface area contributed by atoms with Crippen LogP contribution in [0.4, 0.5) is 0 Å². The van der Waals surface area contributed by atoms with Crippen LogP contribution in [0.1, 0.15) is 28.0 Å². The average Bonchev–Trinajstić information content (AvgIpc) is 3.31. The van der Waals surface area contributed by atoms with Gasteiger partial charge in [0.1, 0.15) is 0 Å². The highest BCUT2D eigenvalue weighted by atomic mass is 16.2. The number of piperazine rings is 1.